The molecule has 0 heterocycles. The molecule has 0 aliphatic carbocycles. The summed E-state index contributed by atoms with van der Waals surface area (Å²) in [4.78, 5) is 22.4. The average Bonchev–Trinajstić information content (AvgIpc) is 2.43. The molecule has 21 heavy (non-hydrogen) atoms. The molecular formula is C11H18N6O4. The van der Waals surface area contributed by atoms with E-state index in [1.807, 2.05) is 0 Å². The molecule has 0 radical (unpaired) electrons. The largest absolute Gasteiger partial charge is 0.489 e. The maximum atomic E-state index is 11.2. The van der Waals surface area contributed by atoms with E-state index in [-0.39, 0.29) is 30.3 Å². The smallest absolute Gasteiger partial charge is 0.333 e. The van der Waals surface area contributed by atoms with Gasteiger partial charge in [-0.3, -0.25) is 0 Å². The van der Waals surface area contributed by atoms with Crippen LogP contribution < -0.4 is 37.9 Å². The lowest BCUT2D eigenvalue weighted by Gasteiger charge is -2.23. The number of nitrogens with zero attached hydrogens (tertiary/aromatic N) is 2. The lowest BCUT2D eigenvalue weighted by Crippen LogP contribution is -2.43. The Morgan fingerprint density at radius 2 is 1.67 bits per heavy atom. The highest BCUT2D eigenvalue weighted by molar-refractivity contribution is 5.95. The molecule has 0 spiro atoms. The summed E-state index contributed by atoms with van der Waals surface area (Å²) in [7, 11) is 0. The first-order valence-corrected chi connectivity index (χ1v) is 5.86. The maximum Gasteiger partial charge on any atom is 0.333 e. The van der Waals surface area contributed by atoms with Crippen LogP contribution in [0.5, 0.6) is 5.75 Å². The third kappa shape index (κ3) is 3.72. The van der Waals surface area contributed by atoms with Crippen LogP contribution in [0.3, 0.4) is 0 Å². The van der Waals surface area contributed by atoms with Gasteiger partial charge in [-0.25, -0.2) is 31.3 Å². The van der Waals surface area contributed by atoms with Crippen molar-refractivity contribution >= 4 is 23.4 Å². The van der Waals surface area contributed by atoms with Crippen LogP contribution >= 0.6 is 0 Å². The summed E-state index contributed by atoms with van der Waals surface area (Å²) in [5.74, 6) is 11.3. The van der Waals surface area contributed by atoms with Crippen molar-refractivity contribution in [2.75, 3.05) is 23.2 Å². The molecule has 0 aromatic heterocycles. The van der Waals surface area contributed by atoms with E-state index in [9.17, 15) is 9.59 Å². The summed E-state index contributed by atoms with van der Waals surface area (Å²) in [6.45, 7) is 1.41. The number of primary amides is 2. The molecule has 0 atom stereocenters. The van der Waals surface area contributed by atoms with Gasteiger partial charge >= 0.3 is 12.1 Å². The lowest BCUT2D eigenvalue weighted by atomic mass is 10.1. The van der Waals surface area contributed by atoms with Gasteiger partial charge in [0.1, 0.15) is 18.0 Å². The second kappa shape index (κ2) is 6.74. The maximum absolute atomic E-state index is 11.2. The Morgan fingerprint density at radius 1 is 1.14 bits per heavy atom. The number of aliphatic hydroxyl groups is 1. The summed E-state index contributed by atoms with van der Waals surface area (Å²) in [6, 6.07) is 0.987. The highest BCUT2D eigenvalue weighted by atomic mass is 16.5. The molecule has 0 bridgehead atoms. The van der Waals surface area contributed by atoms with Crippen molar-refractivity contribution in [1.82, 2.24) is 0 Å². The third-order valence-electron chi connectivity index (χ3n) is 2.62. The zero-order valence-corrected chi connectivity index (χ0v) is 11.4. The number of hydrogen-bond donors (Lipinski definition) is 5. The van der Waals surface area contributed by atoms with E-state index in [4.69, 9.17) is 33.0 Å². The van der Waals surface area contributed by atoms with Crippen LogP contribution in [0, 0.1) is 6.92 Å². The number of benzene rings is 1. The summed E-state index contributed by atoms with van der Waals surface area (Å²) >= 11 is 0. The number of aryl methyl sites for hydroxylation is 1. The molecule has 9 N–H and O–H groups in total. The van der Waals surface area contributed by atoms with Gasteiger partial charge in [0.15, 0.2) is 0 Å². The Hall–Kier alpha value is -2.56. The van der Waals surface area contributed by atoms with E-state index in [0.29, 0.717) is 15.6 Å². The number of carbonyl (C=O) groups is 2. The fourth-order valence-corrected chi connectivity index (χ4v) is 1.62. The fraction of sp³-hybridized carbons (Fsp3) is 0.273. The van der Waals surface area contributed by atoms with E-state index < -0.39 is 12.1 Å². The minimum absolute atomic E-state index is 0.0133. The van der Waals surface area contributed by atoms with Crippen molar-refractivity contribution in [3.63, 3.8) is 0 Å². The number of aliphatic hydroxyl groups excluding tert-OH is 1. The summed E-state index contributed by atoms with van der Waals surface area (Å²) in [5, 5.41) is 10.1. The SMILES string of the molecule is Cc1cc(OCCO)c(N(N)C(N)=O)cc1N(N)C(N)=O. The minimum atomic E-state index is -0.943. The predicted molar refractivity (Wildman–Crippen MR) is 76.3 cm³/mol. The molecule has 10 nitrogen and oxygen atoms in total. The Balaban J connectivity index is 3.36. The molecule has 1 aromatic carbocycles. The number of carbonyl (C=O) groups excluding carboxylic acids is 2. The number of urea groups is 2. The first-order chi connectivity index (χ1) is 9.79. The molecule has 116 valence electrons. The standard InChI is InChI=1S/C11H18N6O4/c1-6-4-9(21-3-2-18)8(17(15)11(13)20)5-7(6)16(14)10(12)19/h4-5,18H,2-3,14-15H2,1H3,(H2,12,19)(H2,13,20). The van der Waals surface area contributed by atoms with Gasteiger partial charge < -0.3 is 21.3 Å². The van der Waals surface area contributed by atoms with E-state index in [1.165, 1.54) is 12.1 Å². The number of ether oxygens (including phenoxy) is 1. The second-order valence-corrected chi connectivity index (χ2v) is 4.09. The number of hydrogen-bond acceptors (Lipinski definition) is 6. The monoisotopic (exact) mass is 298 g/mol. The van der Waals surface area contributed by atoms with Crippen LogP contribution in [0.4, 0.5) is 21.0 Å². The highest BCUT2D eigenvalue weighted by Gasteiger charge is 2.20. The second-order valence-electron chi connectivity index (χ2n) is 4.09. The first-order valence-electron chi connectivity index (χ1n) is 5.86. The minimum Gasteiger partial charge on any atom is -0.489 e. The molecule has 0 aliphatic heterocycles. The fourth-order valence-electron chi connectivity index (χ4n) is 1.62. The normalized spacial score (nSPS) is 10.1. The van der Waals surface area contributed by atoms with Gasteiger partial charge in [-0.1, -0.05) is 0 Å². The molecule has 0 saturated heterocycles. The molecular weight excluding hydrogens is 280 g/mol. The van der Waals surface area contributed by atoms with Crippen LogP contribution in [-0.4, -0.2) is 30.4 Å². The van der Waals surface area contributed by atoms with Crippen molar-refractivity contribution in [3.05, 3.63) is 17.7 Å². The van der Waals surface area contributed by atoms with Crippen molar-refractivity contribution in [1.29, 1.82) is 0 Å². The molecule has 0 unspecified atom stereocenters. The molecule has 10 heteroatoms. The number of amides is 4. The van der Waals surface area contributed by atoms with Crippen molar-refractivity contribution in [2.24, 2.45) is 23.2 Å². The van der Waals surface area contributed by atoms with Crippen molar-refractivity contribution < 1.29 is 19.4 Å². The van der Waals surface area contributed by atoms with E-state index in [2.05, 4.69) is 0 Å². The van der Waals surface area contributed by atoms with E-state index in [1.54, 1.807) is 6.92 Å². The van der Waals surface area contributed by atoms with Gasteiger partial charge in [-0.15, -0.1) is 0 Å². The highest BCUT2D eigenvalue weighted by Crippen LogP contribution is 2.34. The van der Waals surface area contributed by atoms with Gasteiger partial charge in [-0.05, 0) is 24.6 Å². The van der Waals surface area contributed by atoms with Crippen LogP contribution in [0.25, 0.3) is 0 Å². The lowest BCUT2D eigenvalue weighted by molar-refractivity contribution is 0.201. The quantitative estimate of drug-likeness (QED) is 0.261. The van der Waals surface area contributed by atoms with Gasteiger partial charge in [0.05, 0.1) is 12.3 Å². The molecule has 0 saturated carbocycles. The molecule has 0 aliphatic rings. The molecule has 4 amide bonds. The van der Waals surface area contributed by atoms with E-state index >= 15 is 0 Å². The van der Waals surface area contributed by atoms with Crippen LogP contribution in [0.15, 0.2) is 12.1 Å². The number of hydrazine groups is 2. The Labute approximate surface area is 120 Å². The number of anilines is 2. The third-order valence-corrected chi connectivity index (χ3v) is 2.62. The van der Waals surface area contributed by atoms with Crippen molar-refractivity contribution in [2.45, 2.75) is 6.92 Å². The topological polar surface area (TPSA) is 174 Å². The molecule has 0 fully saturated rings. The van der Waals surface area contributed by atoms with Crippen LogP contribution in [0.1, 0.15) is 5.56 Å². The Bertz CT molecular complexity index is 550. The zero-order valence-electron chi connectivity index (χ0n) is 11.4. The van der Waals surface area contributed by atoms with Crippen LogP contribution in [-0.2, 0) is 0 Å². The van der Waals surface area contributed by atoms with Gasteiger partial charge in [0.2, 0.25) is 0 Å². The van der Waals surface area contributed by atoms with Crippen molar-refractivity contribution in [3.8, 4) is 5.75 Å². The zero-order chi connectivity index (χ0) is 16.2. The van der Waals surface area contributed by atoms with Gasteiger partial charge in [0.25, 0.3) is 0 Å². The van der Waals surface area contributed by atoms with E-state index in [0.717, 1.165) is 0 Å². The number of rotatable bonds is 5. The Morgan fingerprint density at radius 3 is 2.14 bits per heavy atom. The summed E-state index contributed by atoms with van der Waals surface area (Å²) in [5.41, 5.74) is 11.1. The van der Waals surface area contributed by atoms with Crippen LogP contribution in [0.2, 0.25) is 0 Å². The predicted octanol–water partition coefficient (Wildman–Crippen LogP) is -1.12. The van der Waals surface area contributed by atoms with Gasteiger partial charge in [0, 0.05) is 0 Å². The van der Waals surface area contributed by atoms with Gasteiger partial charge in [-0.2, -0.15) is 0 Å². The number of nitrogens with two attached hydrogens (primary N) is 4. The first kappa shape index (κ1) is 16.5. The molecule has 1 aromatic rings. The molecule has 1 rings (SSSR count). The summed E-state index contributed by atoms with van der Waals surface area (Å²) < 4.78 is 5.28. The average molecular weight is 298 g/mol. The summed E-state index contributed by atoms with van der Waals surface area (Å²) in [6.07, 6.45) is 0. The Kier molecular flexibility index (Phi) is 5.30.